The summed E-state index contributed by atoms with van der Waals surface area (Å²) in [5.41, 5.74) is 8.76. The molecule has 16 bridgehead atoms. The minimum atomic E-state index is 0.117. The summed E-state index contributed by atoms with van der Waals surface area (Å²) >= 11 is 0. The Balaban J connectivity index is 0.995. The lowest BCUT2D eigenvalue weighted by Gasteiger charge is -2.33. The van der Waals surface area contributed by atoms with Crippen LogP contribution in [-0.4, -0.2) is 79.8 Å². The Labute approximate surface area is 446 Å². The fourth-order valence-corrected chi connectivity index (χ4v) is 12.1. The van der Waals surface area contributed by atoms with Crippen molar-refractivity contribution >= 4 is 43.1 Å². The second-order valence-corrected chi connectivity index (χ2v) is 20.7. The number of methoxy groups -OCH3 is 4. The SMILES string of the molecule is COCOc1ccc2cc3ccc2c1-c1c(OCOC)ccc2cc(ccc12)CNC1CCCCC1NCc1ccc2c(c(OCOC)ccc2c1)-c1c(OCOC)ccc2cc(ccc12)CNC1CCCCC1NC3. The highest BCUT2D eigenvalue weighted by molar-refractivity contribution is 6.11. The Morgan fingerprint density at radius 1 is 0.316 bits per heavy atom. The van der Waals surface area contributed by atoms with Crippen molar-refractivity contribution in [3.63, 3.8) is 0 Å². The van der Waals surface area contributed by atoms with Gasteiger partial charge in [0.15, 0.2) is 27.2 Å². The Hall–Kier alpha value is -6.32. The Morgan fingerprint density at radius 3 is 0.776 bits per heavy atom. The van der Waals surface area contributed by atoms with Crippen molar-refractivity contribution in [3.05, 3.63) is 144 Å². The van der Waals surface area contributed by atoms with Gasteiger partial charge in [0.25, 0.3) is 0 Å². The van der Waals surface area contributed by atoms with E-state index in [2.05, 4.69) is 143 Å². The molecule has 8 aromatic carbocycles. The van der Waals surface area contributed by atoms with Crippen LogP contribution in [0.4, 0.5) is 0 Å². The topological polar surface area (TPSA) is 122 Å². The molecule has 0 saturated heterocycles. The molecule has 12 nitrogen and oxygen atoms in total. The van der Waals surface area contributed by atoms with Gasteiger partial charge >= 0.3 is 0 Å². The molecule has 12 heterocycles. The van der Waals surface area contributed by atoms with Crippen molar-refractivity contribution in [2.24, 2.45) is 0 Å². The molecule has 396 valence electrons. The van der Waals surface area contributed by atoms with E-state index in [9.17, 15) is 0 Å². The van der Waals surface area contributed by atoms with Gasteiger partial charge in [0.2, 0.25) is 0 Å². The Morgan fingerprint density at radius 2 is 0.553 bits per heavy atom. The van der Waals surface area contributed by atoms with Crippen molar-refractivity contribution in [1.29, 1.82) is 0 Å². The summed E-state index contributed by atoms with van der Waals surface area (Å²) in [6.07, 6.45) is 9.26. The van der Waals surface area contributed by atoms with Gasteiger partial charge in [-0.25, -0.2) is 0 Å². The Bertz CT molecular complexity index is 2870. The van der Waals surface area contributed by atoms with E-state index in [1.165, 1.54) is 47.9 Å². The lowest BCUT2D eigenvalue weighted by Crippen LogP contribution is -2.49. The fourth-order valence-electron chi connectivity index (χ4n) is 12.1. The van der Waals surface area contributed by atoms with E-state index >= 15 is 0 Å². The maximum Gasteiger partial charge on any atom is 0.188 e. The number of hydrogen-bond acceptors (Lipinski definition) is 12. The van der Waals surface area contributed by atoms with Crippen LogP contribution in [0.15, 0.2) is 121 Å². The number of rotatable bonds is 12. The van der Waals surface area contributed by atoms with Gasteiger partial charge in [-0.05, 0) is 140 Å². The third-order valence-corrected chi connectivity index (χ3v) is 15.8. The van der Waals surface area contributed by atoms with Crippen LogP contribution in [0.25, 0.3) is 65.3 Å². The predicted octanol–water partition coefficient (Wildman–Crippen LogP) is 12.3. The van der Waals surface area contributed by atoms with Crippen LogP contribution >= 0.6 is 0 Å². The second kappa shape index (κ2) is 24.3. The van der Waals surface area contributed by atoms with E-state index in [1.54, 1.807) is 28.4 Å². The van der Waals surface area contributed by atoms with Gasteiger partial charge in [0.1, 0.15) is 23.0 Å². The molecular weight excluding hydrogens is 953 g/mol. The van der Waals surface area contributed by atoms with Gasteiger partial charge in [-0.2, -0.15) is 0 Å². The van der Waals surface area contributed by atoms with Crippen LogP contribution in [0.3, 0.4) is 0 Å². The lowest BCUT2D eigenvalue weighted by atomic mass is 9.89. The molecule has 2 fully saturated rings. The zero-order valence-corrected chi connectivity index (χ0v) is 44.4. The first kappa shape index (κ1) is 51.8. The Kier molecular flexibility index (Phi) is 16.6. The molecule has 0 radical (unpaired) electrons. The van der Waals surface area contributed by atoms with E-state index in [0.29, 0.717) is 24.2 Å². The molecule has 2 aliphatic carbocycles. The van der Waals surface area contributed by atoms with Crippen LogP contribution < -0.4 is 40.2 Å². The van der Waals surface area contributed by atoms with Crippen molar-refractivity contribution in [1.82, 2.24) is 21.3 Å². The quantitative estimate of drug-likeness (QED) is 0.0872. The first-order valence-corrected chi connectivity index (χ1v) is 27.1. The maximum absolute atomic E-state index is 6.38. The molecule has 0 amide bonds. The minimum Gasteiger partial charge on any atom is -0.467 e. The van der Waals surface area contributed by atoms with Crippen LogP contribution in [0.2, 0.25) is 0 Å². The normalized spacial score (nSPS) is 19.4. The van der Waals surface area contributed by atoms with E-state index < -0.39 is 0 Å². The average Bonchev–Trinajstić information content (AvgIpc) is 3.49. The molecule has 76 heavy (non-hydrogen) atoms. The second-order valence-electron chi connectivity index (χ2n) is 20.7. The molecule has 8 aromatic rings. The molecule has 12 aliphatic heterocycles. The highest BCUT2D eigenvalue weighted by Gasteiger charge is 2.28. The maximum atomic E-state index is 6.38. The third-order valence-electron chi connectivity index (χ3n) is 15.8. The monoisotopic (exact) mass is 1020 g/mol. The summed E-state index contributed by atoms with van der Waals surface area (Å²) < 4.78 is 47.4. The highest BCUT2D eigenvalue weighted by Crippen LogP contribution is 2.48. The number of benzene rings is 8. The van der Waals surface area contributed by atoms with Gasteiger partial charge in [-0.1, -0.05) is 98.5 Å². The van der Waals surface area contributed by atoms with Gasteiger partial charge in [-0.3, -0.25) is 0 Å². The average molecular weight is 1030 g/mol. The molecule has 4 N–H and O–H groups in total. The summed E-state index contributed by atoms with van der Waals surface area (Å²) in [6, 6.07) is 45.4. The number of nitrogens with one attached hydrogen (secondary N) is 4. The zero-order valence-electron chi connectivity index (χ0n) is 44.4. The molecule has 14 aliphatic rings. The summed E-state index contributed by atoms with van der Waals surface area (Å²) in [5, 5.41) is 24.8. The number of ether oxygens (including phenoxy) is 8. The van der Waals surface area contributed by atoms with Crippen molar-refractivity contribution in [3.8, 4) is 45.3 Å². The van der Waals surface area contributed by atoms with Gasteiger partial charge in [0.05, 0.1) is 0 Å². The molecule has 2 saturated carbocycles. The van der Waals surface area contributed by atoms with Gasteiger partial charge < -0.3 is 59.2 Å². The van der Waals surface area contributed by atoms with Crippen LogP contribution in [0.5, 0.6) is 23.0 Å². The van der Waals surface area contributed by atoms with Crippen molar-refractivity contribution in [2.75, 3.05) is 55.6 Å². The smallest absolute Gasteiger partial charge is 0.188 e. The van der Waals surface area contributed by atoms with Crippen LogP contribution in [0.1, 0.15) is 73.6 Å². The summed E-state index contributed by atoms with van der Waals surface area (Å²) in [5.74, 6) is 2.92. The number of hydrogen-bond donors (Lipinski definition) is 4. The van der Waals surface area contributed by atoms with E-state index in [4.69, 9.17) is 37.9 Å². The summed E-state index contributed by atoms with van der Waals surface area (Å²) in [4.78, 5) is 0. The van der Waals surface area contributed by atoms with Crippen molar-refractivity contribution < 1.29 is 37.9 Å². The van der Waals surface area contributed by atoms with E-state index in [0.717, 1.165) is 140 Å². The zero-order chi connectivity index (χ0) is 51.8. The van der Waals surface area contributed by atoms with Crippen molar-refractivity contribution in [2.45, 2.75) is 102 Å². The van der Waals surface area contributed by atoms with Gasteiger partial charge in [-0.15, -0.1) is 0 Å². The largest absolute Gasteiger partial charge is 0.467 e. The van der Waals surface area contributed by atoms with Gasteiger partial charge in [0, 0.05) is 101 Å². The molecule has 12 heteroatoms. The first-order chi connectivity index (χ1) is 37.5. The molecule has 4 atom stereocenters. The molecular formula is C64H72N4O8. The van der Waals surface area contributed by atoms with E-state index in [1.807, 2.05) is 0 Å². The summed E-state index contributed by atoms with van der Waals surface area (Å²) in [6.45, 7) is 3.46. The molecule has 0 aromatic heterocycles. The molecule has 22 rings (SSSR count). The highest BCUT2D eigenvalue weighted by atomic mass is 16.7. The minimum absolute atomic E-state index is 0.117. The lowest BCUT2D eigenvalue weighted by molar-refractivity contribution is 0.0502. The van der Waals surface area contributed by atoms with Crippen LogP contribution in [-0.2, 0) is 45.1 Å². The standard InChI is InChI=1S/C64H72N4O8/c1-69-37-73-57-25-17-45-29-41-13-21-49(45)61(57)62-50-22-14-42(30-46(50)18-26-58(62)74-38-70-2)34-66-55-11-7-8-12-56(55)68-36-44-16-24-52-48(32-44)20-28-60(76-40-72-4)64(52)63-51-23-15-43(31-47(51)19-27-59(63)75-39-71-3)35-67-54-10-6-5-9-53(54)65-33-41/h13-32,53-56,65-68H,5-12,33-40H2,1-4H3. The molecule has 4 unspecified atom stereocenters. The summed E-state index contributed by atoms with van der Waals surface area (Å²) in [7, 11) is 6.62. The third kappa shape index (κ3) is 11.2. The van der Waals surface area contributed by atoms with E-state index in [-0.39, 0.29) is 27.2 Å². The fraction of sp³-hybridized carbons (Fsp3) is 0.375. The predicted molar refractivity (Wildman–Crippen MR) is 303 cm³/mol. The first-order valence-electron chi connectivity index (χ1n) is 27.1. The van der Waals surface area contributed by atoms with Crippen LogP contribution in [0, 0.1) is 0 Å². The molecule has 0 spiro atoms.